The highest BCUT2D eigenvalue weighted by Gasteiger charge is 2.12. The minimum Gasteiger partial charge on any atom is -0.321 e. The molecule has 0 aliphatic heterocycles. The van der Waals surface area contributed by atoms with E-state index < -0.39 is 0 Å². The minimum absolute atomic E-state index is 0.254. The zero-order chi connectivity index (χ0) is 14.7. The number of halogens is 2. The second-order valence-corrected chi connectivity index (χ2v) is 6.01. The Labute approximate surface area is 133 Å². The number of carbonyl (C=O) groups is 1. The maximum absolute atomic E-state index is 12.2. The summed E-state index contributed by atoms with van der Waals surface area (Å²) in [5.41, 5.74) is 2.50. The molecule has 0 heterocycles. The maximum atomic E-state index is 12.2. The lowest BCUT2D eigenvalue weighted by Gasteiger charge is -2.09. The van der Waals surface area contributed by atoms with Gasteiger partial charge < -0.3 is 5.32 Å². The molecule has 0 saturated carbocycles. The van der Waals surface area contributed by atoms with E-state index in [0.29, 0.717) is 16.8 Å². The molecule has 3 nitrogen and oxygen atoms in total. The molecule has 2 rings (SSSR count). The third-order valence-electron chi connectivity index (χ3n) is 2.72. The van der Waals surface area contributed by atoms with Gasteiger partial charge in [-0.1, -0.05) is 22.0 Å². The SMILES string of the molecule is Cc1ccc(C(=O)Nc2ccc(Br)cc2C#N)c(Br)c1. The maximum Gasteiger partial charge on any atom is 0.256 e. The van der Waals surface area contributed by atoms with E-state index in [4.69, 9.17) is 5.26 Å². The summed E-state index contributed by atoms with van der Waals surface area (Å²) in [7, 11) is 0. The first-order chi connectivity index (χ1) is 9.51. The number of carbonyl (C=O) groups excluding carboxylic acids is 1. The molecule has 0 bridgehead atoms. The third-order valence-corrected chi connectivity index (χ3v) is 3.87. The molecule has 0 unspecified atom stereocenters. The third kappa shape index (κ3) is 3.27. The van der Waals surface area contributed by atoms with Gasteiger partial charge in [0, 0.05) is 8.95 Å². The van der Waals surface area contributed by atoms with E-state index in [2.05, 4.69) is 43.2 Å². The van der Waals surface area contributed by atoms with Gasteiger partial charge in [0.25, 0.3) is 5.91 Å². The van der Waals surface area contributed by atoms with Gasteiger partial charge in [-0.05, 0) is 58.7 Å². The smallest absolute Gasteiger partial charge is 0.256 e. The van der Waals surface area contributed by atoms with Crippen LogP contribution in [0.1, 0.15) is 21.5 Å². The molecule has 5 heteroatoms. The summed E-state index contributed by atoms with van der Waals surface area (Å²) in [5, 5.41) is 11.8. The summed E-state index contributed by atoms with van der Waals surface area (Å²) in [6.45, 7) is 1.95. The average Bonchev–Trinajstić information content (AvgIpc) is 2.40. The van der Waals surface area contributed by atoms with Crippen LogP contribution in [0.15, 0.2) is 45.3 Å². The van der Waals surface area contributed by atoms with E-state index in [1.54, 1.807) is 24.3 Å². The van der Waals surface area contributed by atoms with Crippen molar-refractivity contribution < 1.29 is 4.79 Å². The van der Waals surface area contributed by atoms with Crippen molar-refractivity contribution in [3.8, 4) is 6.07 Å². The van der Waals surface area contributed by atoms with Gasteiger partial charge in [0.2, 0.25) is 0 Å². The van der Waals surface area contributed by atoms with Gasteiger partial charge in [-0.25, -0.2) is 0 Å². The molecule has 0 aliphatic carbocycles. The number of amides is 1. The first-order valence-corrected chi connectivity index (χ1v) is 7.37. The second-order valence-electron chi connectivity index (χ2n) is 4.24. The number of hydrogen-bond donors (Lipinski definition) is 1. The minimum atomic E-state index is -0.254. The largest absolute Gasteiger partial charge is 0.321 e. The molecule has 0 aromatic heterocycles. The highest BCUT2D eigenvalue weighted by Crippen LogP contribution is 2.23. The molecule has 20 heavy (non-hydrogen) atoms. The lowest BCUT2D eigenvalue weighted by atomic mass is 10.1. The van der Waals surface area contributed by atoms with Gasteiger partial charge >= 0.3 is 0 Å². The Hall–Kier alpha value is -1.64. The number of aryl methyl sites for hydroxylation is 1. The molecular weight excluding hydrogens is 384 g/mol. The number of nitriles is 1. The van der Waals surface area contributed by atoms with Gasteiger partial charge in [-0.15, -0.1) is 0 Å². The highest BCUT2D eigenvalue weighted by molar-refractivity contribution is 9.10. The van der Waals surface area contributed by atoms with E-state index in [0.717, 1.165) is 14.5 Å². The van der Waals surface area contributed by atoms with Crippen molar-refractivity contribution in [1.82, 2.24) is 0 Å². The fourth-order valence-corrected chi connectivity index (χ4v) is 2.75. The fourth-order valence-electron chi connectivity index (χ4n) is 1.71. The topological polar surface area (TPSA) is 52.9 Å². The van der Waals surface area contributed by atoms with Crippen LogP contribution < -0.4 is 5.32 Å². The first kappa shape index (κ1) is 14.8. The van der Waals surface area contributed by atoms with Crippen molar-refractivity contribution in [3.63, 3.8) is 0 Å². The predicted octanol–water partition coefficient (Wildman–Crippen LogP) is 4.64. The van der Waals surface area contributed by atoms with Crippen LogP contribution in [-0.2, 0) is 0 Å². The van der Waals surface area contributed by atoms with E-state index in [9.17, 15) is 4.79 Å². The number of hydrogen-bond acceptors (Lipinski definition) is 2. The Morgan fingerprint density at radius 2 is 1.95 bits per heavy atom. The fraction of sp³-hybridized carbons (Fsp3) is 0.0667. The van der Waals surface area contributed by atoms with Crippen LogP contribution in [0.4, 0.5) is 5.69 Å². The standard InChI is InChI=1S/C15H10Br2N2O/c1-9-2-4-12(13(17)6-9)15(20)19-14-5-3-11(16)7-10(14)8-18/h2-7H,1H3,(H,19,20). The lowest BCUT2D eigenvalue weighted by molar-refractivity contribution is 0.102. The van der Waals surface area contributed by atoms with Gasteiger partial charge in [-0.2, -0.15) is 5.26 Å². The molecule has 0 spiro atoms. The number of rotatable bonds is 2. The summed E-state index contributed by atoms with van der Waals surface area (Å²) in [6, 6.07) is 12.7. The molecule has 0 atom stereocenters. The number of anilines is 1. The number of nitrogens with zero attached hydrogens (tertiary/aromatic N) is 1. The molecule has 0 aliphatic rings. The molecule has 1 N–H and O–H groups in total. The zero-order valence-corrected chi connectivity index (χ0v) is 13.7. The number of benzene rings is 2. The van der Waals surface area contributed by atoms with Crippen molar-refractivity contribution >= 4 is 43.5 Å². The summed E-state index contributed by atoms with van der Waals surface area (Å²) in [5.74, 6) is -0.254. The van der Waals surface area contributed by atoms with Crippen molar-refractivity contribution in [2.45, 2.75) is 6.92 Å². The van der Waals surface area contributed by atoms with Crippen molar-refractivity contribution in [2.75, 3.05) is 5.32 Å². The molecular formula is C15H10Br2N2O. The quantitative estimate of drug-likeness (QED) is 0.807. The first-order valence-electron chi connectivity index (χ1n) is 5.78. The molecule has 2 aromatic rings. The van der Waals surface area contributed by atoms with E-state index >= 15 is 0 Å². The summed E-state index contributed by atoms with van der Waals surface area (Å²) < 4.78 is 1.52. The van der Waals surface area contributed by atoms with E-state index in [1.165, 1.54) is 0 Å². The van der Waals surface area contributed by atoms with Gasteiger partial charge in [0.15, 0.2) is 0 Å². The van der Waals surface area contributed by atoms with Crippen molar-refractivity contribution in [3.05, 3.63) is 62.0 Å². The van der Waals surface area contributed by atoms with Crippen LogP contribution in [0.2, 0.25) is 0 Å². The van der Waals surface area contributed by atoms with Crippen LogP contribution in [-0.4, -0.2) is 5.91 Å². The Morgan fingerprint density at radius 1 is 1.20 bits per heavy atom. The monoisotopic (exact) mass is 392 g/mol. The van der Waals surface area contributed by atoms with Gasteiger partial charge in [0.1, 0.15) is 6.07 Å². The predicted molar refractivity (Wildman–Crippen MR) is 85.7 cm³/mol. The summed E-state index contributed by atoms with van der Waals surface area (Å²) in [6.07, 6.45) is 0. The normalized spacial score (nSPS) is 9.90. The van der Waals surface area contributed by atoms with E-state index in [-0.39, 0.29) is 5.91 Å². The second kappa shape index (κ2) is 6.21. The van der Waals surface area contributed by atoms with Crippen LogP contribution >= 0.6 is 31.9 Å². The molecule has 100 valence electrons. The highest BCUT2D eigenvalue weighted by atomic mass is 79.9. The lowest BCUT2D eigenvalue weighted by Crippen LogP contribution is -2.13. The van der Waals surface area contributed by atoms with Crippen LogP contribution in [0, 0.1) is 18.3 Å². The Kier molecular flexibility index (Phi) is 4.58. The van der Waals surface area contributed by atoms with Crippen LogP contribution in [0.25, 0.3) is 0 Å². The van der Waals surface area contributed by atoms with Crippen LogP contribution in [0.5, 0.6) is 0 Å². The molecule has 0 saturated heterocycles. The zero-order valence-electron chi connectivity index (χ0n) is 10.6. The Bertz CT molecular complexity index is 720. The summed E-state index contributed by atoms with van der Waals surface area (Å²) >= 11 is 6.67. The summed E-state index contributed by atoms with van der Waals surface area (Å²) in [4.78, 5) is 12.2. The number of nitrogens with one attached hydrogen (secondary N) is 1. The van der Waals surface area contributed by atoms with Crippen molar-refractivity contribution in [2.24, 2.45) is 0 Å². The Balaban J connectivity index is 2.31. The van der Waals surface area contributed by atoms with Gasteiger partial charge in [-0.3, -0.25) is 4.79 Å². The molecule has 1 amide bonds. The molecule has 0 fully saturated rings. The van der Waals surface area contributed by atoms with Gasteiger partial charge in [0.05, 0.1) is 16.8 Å². The van der Waals surface area contributed by atoms with E-state index in [1.807, 2.05) is 19.1 Å². The Morgan fingerprint density at radius 3 is 2.60 bits per heavy atom. The molecule has 2 aromatic carbocycles. The average molecular weight is 394 g/mol. The van der Waals surface area contributed by atoms with Crippen molar-refractivity contribution in [1.29, 1.82) is 5.26 Å². The van der Waals surface area contributed by atoms with Crippen LogP contribution in [0.3, 0.4) is 0 Å². The molecule has 0 radical (unpaired) electrons.